The third-order valence-electron chi connectivity index (χ3n) is 3.21. The number of nitrogens with one attached hydrogen (secondary N) is 1. The van der Waals surface area contributed by atoms with Crippen LogP contribution < -0.4 is 10.1 Å². The first-order valence-electron chi connectivity index (χ1n) is 6.59. The van der Waals surface area contributed by atoms with Crippen LogP contribution in [-0.4, -0.2) is 13.7 Å². The molecule has 0 heterocycles. The van der Waals surface area contributed by atoms with Crippen LogP contribution in [0.1, 0.15) is 24.1 Å². The average molecular weight is 328 g/mol. The lowest BCUT2D eigenvalue weighted by atomic mass is 9.98. The molecule has 0 aliphatic carbocycles. The third kappa shape index (κ3) is 3.49. The smallest absolute Gasteiger partial charge is 0.137 e. The molecule has 2 rings (SSSR count). The van der Waals surface area contributed by atoms with E-state index < -0.39 is 0 Å². The van der Waals surface area contributed by atoms with E-state index in [1.165, 1.54) is 6.07 Å². The van der Waals surface area contributed by atoms with Gasteiger partial charge >= 0.3 is 0 Å². The summed E-state index contributed by atoms with van der Waals surface area (Å²) >= 11 is 12.3. The van der Waals surface area contributed by atoms with Crippen LogP contribution in [0.15, 0.2) is 36.4 Å². The zero-order valence-electron chi connectivity index (χ0n) is 11.8. The van der Waals surface area contributed by atoms with Crippen LogP contribution in [0.25, 0.3) is 0 Å². The van der Waals surface area contributed by atoms with Gasteiger partial charge in [0.1, 0.15) is 11.6 Å². The Morgan fingerprint density at radius 3 is 2.52 bits per heavy atom. The second-order valence-electron chi connectivity index (χ2n) is 4.52. The van der Waals surface area contributed by atoms with Crippen molar-refractivity contribution < 1.29 is 9.13 Å². The van der Waals surface area contributed by atoms with E-state index in [4.69, 9.17) is 27.9 Å². The Morgan fingerprint density at radius 2 is 1.95 bits per heavy atom. The number of halogens is 3. The molecule has 0 saturated heterocycles. The van der Waals surface area contributed by atoms with Gasteiger partial charge in [0.2, 0.25) is 0 Å². The van der Waals surface area contributed by atoms with Crippen LogP contribution in [0.2, 0.25) is 10.0 Å². The molecule has 2 aromatic carbocycles. The van der Waals surface area contributed by atoms with Gasteiger partial charge in [-0.05, 0) is 36.4 Å². The molecule has 0 bridgehead atoms. The van der Waals surface area contributed by atoms with Crippen LogP contribution >= 0.6 is 23.2 Å². The Balaban J connectivity index is 2.51. The van der Waals surface area contributed by atoms with Crippen molar-refractivity contribution in [3.8, 4) is 5.75 Å². The minimum atomic E-state index is -0.368. The summed E-state index contributed by atoms with van der Waals surface area (Å²) < 4.78 is 19.3. The van der Waals surface area contributed by atoms with E-state index >= 15 is 0 Å². The van der Waals surface area contributed by atoms with Crippen LogP contribution in [0.4, 0.5) is 4.39 Å². The average Bonchev–Trinajstić information content (AvgIpc) is 2.46. The van der Waals surface area contributed by atoms with Gasteiger partial charge in [0.15, 0.2) is 0 Å². The minimum Gasteiger partial charge on any atom is -0.495 e. The summed E-state index contributed by atoms with van der Waals surface area (Å²) in [7, 11) is 1.55. The fourth-order valence-electron chi connectivity index (χ4n) is 2.24. The van der Waals surface area contributed by atoms with Gasteiger partial charge in [0, 0.05) is 10.6 Å². The van der Waals surface area contributed by atoms with Crippen molar-refractivity contribution in [3.63, 3.8) is 0 Å². The van der Waals surface area contributed by atoms with Crippen LogP contribution in [0.3, 0.4) is 0 Å². The number of hydrogen-bond donors (Lipinski definition) is 1. The maximum Gasteiger partial charge on any atom is 0.137 e. The summed E-state index contributed by atoms with van der Waals surface area (Å²) in [5.74, 6) is 0.232. The van der Waals surface area contributed by atoms with Crippen LogP contribution in [0.5, 0.6) is 5.75 Å². The Labute approximate surface area is 133 Å². The van der Waals surface area contributed by atoms with Crippen LogP contribution in [-0.2, 0) is 0 Å². The molecule has 0 aromatic heterocycles. The molecule has 0 radical (unpaired) electrons. The van der Waals surface area contributed by atoms with E-state index in [9.17, 15) is 4.39 Å². The van der Waals surface area contributed by atoms with Crippen molar-refractivity contribution in [3.05, 3.63) is 63.4 Å². The van der Waals surface area contributed by atoms with E-state index in [2.05, 4.69) is 5.32 Å². The number of benzene rings is 2. The molecular formula is C16H16Cl2FNO. The second kappa shape index (κ2) is 7.12. The molecule has 0 amide bonds. The van der Waals surface area contributed by atoms with Gasteiger partial charge in [0.25, 0.3) is 0 Å². The van der Waals surface area contributed by atoms with Gasteiger partial charge in [0.05, 0.1) is 18.2 Å². The minimum absolute atomic E-state index is 0.347. The molecule has 1 N–H and O–H groups in total. The van der Waals surface area contributed by atoms with E-state index in [0.717, 1.165) is 5.56 Å². The maximum atomic E-state index is 14.2. The molecule has 0 spiro atoms. The van der Waals surface area contributed by atoms with Crippen molar-refractivity contribution in [2.45, 2.75) is 13.0 Å². The normalized spacial score (nSPS) is 12.2. The zero-order chi connectivity index (χ0) is 15.4. The molecule has 0 aliphatic heterocycles. The Bertz CT molecular complexity index is 613. The Kier molecular flexibility index (Phi) is 5.45. The largest absolute Gasteiger partial charge is 0.495 e. The Hall–Kier alpha value is -1.29. The highest BCUT2D eigenvalue weighted by Crippen LogP contribution is 2.34. The van der Waals surface area contributed by atoms with Crippen molar-refractivity contribution in [2.24, 2.45) is 0 Å². The second-order valence-corrected chi connectivity index (χ2v) is 5.33. The Morgan fingerprint density at radius 1 is 1.19 bits per heavy atom. The molecule has 0 fully saturated rings. The summed E-state index contributed by atoms with van der Waals surface area (Å²) in [6.45, 7) is 2.62. The van der Waals surface area contributed by atoms with Crippen molar-refractivity contribution in [2.75, 3.05) is 13.7 Å². The monoisotopic (exact) mass is 327 g/mol. The van der Waals surface area contributed by atoms with Crippen molar-refractivity contribution in [1.82, 2.24) is 5.32 Å². The molecule has 2 aromatic rings. The quantitative estimate of drug-likeness (QED) is 0.848. The molecule has 112 valence electrons. The molecular weight excluding hydrogens is 312 g/mol. The van der Waals surface area contributed by atoms with E-state index in [0.29, 0.717) is 27.9 Å². The van der Waals surface area contributed by atoms with Gasteiger partial charge in [-0.2, -0.15) is 0 Å². The highest BCUT2D eigenvalue weighted by atomic mass is 35.5. The first-order valence-corrected chi connectivity index (χ1v) is 7.34. The highest BCUT2D eigenvalue weighted by molar-refractivity contribution is 6.32. The lowest BCUT2D eigenvalue weighted by molar-refractivity contribution is 0.414. The van der Waals surface area contributed by atoms with Gasteiger partial charge in [-0.15, -0.1) is 0 Å². The molecule has 1 unspecified atom stereocenters. The number of methoxy groups -OCH3 is 1. The third-order valence-corrected chi connectivity index (χ3v) is 3.83. The predicted octanol–water partition coefficient (Wildman–Crippen LogP) is 4.84. The van der Waals surface area contributed by atoms with Gasteiger partial charge in [-0.3, -0.25) is 0 Å². The molecule has 0 aliphatic rings. The molecule has 5 heteroatoms. The maximum absolute atomic E-state index is 14.2. The fraction of sp³-hybridized carbons (Fsp3) is 0.250. The predicted molar refractivity (Wildman–Crippen MR) is 84.9 cm³/mol. The molecule has 21 heavy (non-hydrogen) atoms. The fourth-order valence-corrected chi connectivity index (χ4v) is 2.78. The van der Waals surface area contributed by atoms with E-state index in [1.54, 1.807) is 31.4 Å². The summed E-state index contributed by atoms with van der Waals surface area (Å²) in [5.41, 5.74) is 1.25. The lowest BCUT2D eigenvalue weighted by Gasteiger charge is -2.21. The first kappa shape index (κ1) is 16.1. The number of hydrogen-bond acceptors (Lipinski definition) is 2. The first-order chi connectivity index (χ1) is 10.1. The standard InChI is InChI=1S/C16H16Cl2FNO/c1-3-20-16(15-11(17)5-4-6-13(15)19)10-7-8-14(21-2)12(18)9-10/h4-9,16,20H,3H2,1-2H3. The number of rotatable bonds is 5. The molecule has 1 atom stereocenters. The van der Waals surface area contributed by atoms with Gasteiger partial charge in [-0.1, -0.05) is 42.3 Å². The highest BCUT2D eigenvalue weighted by Gasteiger charge is 2.21. The summed E-state index contributed by atoms with van der Waals surface area (Å²) in [4.78, 5) is 0. The zero-order valence-corrected chi connectivity index (χ0v) is 13.3. The summed E-state index contributed by atoms with van der Waals surface area (Å²) in [6.07, 6.45) is 0. The lowest BCUT2D eigenvalue weighted by Crippen LogP contribution is -2.23. The SMILES string of the molecule is CCNC(c1ccc(OC)c(Cl)c1)c1c(F)cccc1Cl. The molecule has 2 nitrogen and oxygen atoms in total. The van der Waals surface area contributed by atoms with E-state index in [-0.39, 0.29) is 11.9 Å². The van der Waals surface area contributed by atoms with E-state index in [1.807, 2.05) is 13.0 Å². The van der Waals surface area contributed by atoms with Gasteiger partial charge in [-0.25, -0.2) is 4.39 Å². The van der Waals surface area contributed by atoms with Gasteiger partial charge < -0.3 is 10.1 Å². The summed E-state index contributed by atoms with van der Waals surface area (Å²) in [6, 6.07) is 9.66. The summed E-state index contributed by atoms with van der Waals surface area (Å²) in [5, 5.41) is 4.10. The van der Waals surface area contributed by atoms with Crippen molar-refractivity contribution >= 4 is 23.2 Å². The topological polar surface area (TPSA) is 21.3 Å². The molecule has 0 saturated carbocycles. The van der Waals surface area contributed by atoms with Crippen LogP contribution in [0, 0.1) is 5.82 Å². The number of ether oxygens (including phenoxy) is 1. The van der Waals surface area contributed by atoms with Crippen molar-refractivity contribution in [1.29, 1.82) is 0 Å².